The van der Waals surface area contributed by atoms with Crippen LogP contribution < -0.4 is 4.72 Å². The van der Waals surface area contributed by atoms with Crippen LogP contribution in [-0.2, 0) is 19.6 Å². The number of esters is 1. The number of hydrogen-bond acceptors (Lipinski definition) is 5. The Bertz CT molecular complexity index is 994. The van der Waals surface area contributed by atoms with E-state index in [1.54, 1.807) is 18.2 Å². The van der Waals surface area contributed by atoms with Gasteiger partial charge in [0.15, 0.2) is 0 Å². The molecule has 0 saturated heterocycles. The Hall–Kier alpha value is -2.77. The Balaban J connectivity index is 1.62. The number of carbonyl (C=O) groups excluding carboxylic acids is 1. The Morgan fingerprint density at radius 2 is 1.78 bits per heavy atom. The summed E-state index contributed by atoms with van der Waals surface area (Å²) in [5, 5.41) is 0. The number of aryl methyl sites for hydroxylation is 1. The molecule has 0 saturated carbocycles. The third-order valence-corrected chi connectivity index (χ3v) is 5.58. The summed E-state index contributed by atoms with van der Waals surface area (Å²) in [6, 6.07) is 14.9. The van der Waals surface area contributed by atoms with E-state index >= 15 is 0 Å². The molecule has 0 aromatic heterocycles. The molecule has 1 heterocycles. The molecule has 0 amide bonds. The second-order valence-corrected chi connectivity index (χ2v) is 7.97. The lowest BCUT2D eigenvalue weighted by atomic mass is 10.1. The molecule has 0 bridgehead atoms. The van der Waals surface area contributed by atoms with Crippen molar-refractivity contribution < 1.29 is 17.9 Å². The van der Waals surface area contributed by atoms with Crippen LogP contribution in [0.3, 0.4) is 0 Å². The number of benzene rings is 2. The van der Waals surface area contributed by atoms with Gasteiger partial charge in [0.1, 0.15) is 11.8 Å². The van der Waals surface area contributed by atoms with E-state index in [0.29, 0.717) is 5.76 Å². The van der Waals surface area contributed by atoms with Crippen molar-refractivity contribution in [3.8, 4) is 0 Å². The molecule has 1 aliphatic heterocycles. The van der Waals surface area contributed by atoms with E-state index in [-0.39, 0.29) is 11.4 Å². The number of carbonyl (C=O) groups is 1. The predicted octanol–water partition coefficient (Wildman–Crippen LogP) is 2.59. The monoisotopic (exact) mass is 384 g/mol. The van der Waals surface area contributed by atoms with Gasteiger partial charge in [-0.1, -0.05) is 48.0 Å². The number of nitrogens with zero attached hydrogens (tertiary/aromatic N) is 1. The van der Waals surface area contributed by atoms with Gasteiger partial charge in [0.05, 0.1) is 17.2 Å². The largest absolute Gasteiger partial charge is 0.428 e. The zero-order chi connectivity index (χ0) is 19.4. The Morgan fingerprint density at radius 1 is 1.11 bits per heavy atom. The normalized spacial score (nSPS) is 15.0. The fourth-order valence-electron chi connectivity index (χ4n) is 2.54. The highest BCUT2D eigenvalue weighted by Crippen LogP contribution is 2.15. The van der Waals surface area contributed by atoms with E-state index in [2.05, 4.69) is 9.71 Å². The van der Waals surface area contributed by atoms with Gasteiger partial charge in [-0.25, -0.2) is 13.2 Å². The predicted molar refractivity (Wildman–Crippen MR) is 103 cm³/mol. The zero-order valence-electron chi connectivity index (χ0n) is 15.0. The van der Waals surface area contributed by atoms with Crippen molar-refractivity contribution in [2.24, 2.45) is 4.99 Å². The van der Waals surface area contributed by atoms with Crippen LogP contribution >= 0.6 is 0 Å². The van der Waals surface area contributed by atoms with Crippen molar-refractivity contribution in [2.75, 3.05) is 6.54 Å². The molecule has 140 valence electrons. The summed E-state index contributed by atoms with van der Waals surface area (Å²) in [4.78, 5) is 16.7. The molecule has 0 radical (unpaired) electrons. The molecule has 0 aliphatic carbocycles. The Morgan fingerprint density at radius 3 is 2.44 bits per heavy atom. The van der Waals surface area contributed by atoms with Crippen molar-refractivity contribution in [3.05, 3.63) is 77.6 Å². The van der Waals surface area contributed by atoms with Crippen LogP contribution in [0.5, 0.6) is 0 Å². The number of aliphatic imine (C=N–C) groups is 1. The average molecular weight is 384 g/mol. The zero-order valence-corrected chi connectivity index (χ0v) is 15.9. The Labute approximate surface area is 158 Å². The second kappa shape index (κ2) is 7.85. The van der Waals surface area contributed by atoms with E-state index in [0.717, 1.165) is 16.8 Å². The van der Waals surface area contributed by atoms with Gasteiger partial charge in [0.25, 0.3) is 0 Å². The van der Waals surface area contributed by atoms with E-state index in [9.17, 15) is 13.2 Å². The first-order chi connectivity index (χ1) is 12.8. The molecule has 1 N–H and O–H groups in total. The van der Waals surface area contributed by atoms with Gasteiger partial charge in [-0.2, -0.15) is 4.72 Å². The lowest BCUT2D eigenvalue weighted by Gasteiger charge is -2.14. The average Bonchev–Trinajstić information content (AvgIpc) is 3.11. The molecule has 3 rings (SSSR count). The lowest BCUT2D eigenvalue weighted by molar-refractivity contribution is -0.140. The summed E-state index contributed by atoms with van der Waals surface area (Å²) in [6.45, 7) is 3.56. The quantitative estimate of drug-likeness (QED) is 0.776. The summed E-state index contributed by atoms with van der Waals surface area (Å²) in [5.41, 5.74) is 2.60. The second-order valence-electron chi connectivity index (χ2n) is 6.26. The first kappa shape index (κ1) is 19.0. The molecule has 6 nitrogen and oxygen atoms in total. The summed E-state index contributed by atoms with van der Waals surface area (Å²) < 4.78 is 32.4. The summed E-state index contributed by atoms with van der Waals surface area (Å²) in [5.74, 6) is -0.290. The number of ether oxygens (including phenoxy) is 1. The van der Waals surface area contributed by atoms with Gasteiger partial charge in [-0.3, -0.25) is 4.99 Å². The maximum absolute atomic E-state index is 12.4. The van der Waals surface area contributed by atoms with Crippen molar-refractivity contribution in [2.45, 2.75) is 24.8 Å². The molecule has 0 spiro atoms. The third kappa shape index (κ3) is 4.69. The van der Waals surface area contributed by atoms with Crippen LogP contribution in [0.2, 0.25) is 0 Å². The minimum absolute atomic E-state index is 0.0996. The van der Waals surface area contributed by atoms with E-state index < -0.39 is 22.0 Å². The molecule has 0 fully saturated rings. The van der Waals surface area contributed by atoms with E-state index in [1.165, 1.54) is 19.1 Å². The highest BCUT2D eigenvalue weighted by atomic mass is 32.2. The molecule has 1 aliphatic rings. The summed E-state index contributed by atoms with van der Waals surface area (Å²) in [7, 11) is -3.81. The number of rotatable bonds is 6. The standard InChI is InChI=1S/C20H20N2O4S/c1-14-8-10-18(11-9-14)27(24,25)22-15(2)20(23)26-17-12-19(21-13-17)16-6-4-3-5-7-16/h3-12,15,22H,13H2,1-2H3/t15-/m0/s1. The van der Waals surface area contributed by atoms with E-state index in [4.69, 9.17) is 4.74 Å². The molecular formula is C20H20N2O4S. The minimum Gasteiger partial charge on any atom is -0.428 e. The Kier molecular flexibility index (Phi) is 5.53. The van der Waals surface area contributed by atoms with Gasteiger partial charge in [-0.05, 0) is 31.5 Å². The van der Waals surface area contributed by atoms with Gasteiger partial charge in [-0.15, -0.1) is 0 Å². The number of hydrogen-bond donors (Lipinski definition) is 1. The topological polar surface area (TPSA) is 84.8 Å². The highest BCUT2D eigenvalue weighted by Gasteiger charge is 2.25. The first-order valence-corrected chi connectivity index (χ1v) is 9.94. The molecule has 27 heavy (non-hydrogen) atoms. The molecule has 7 heteroatoms. The van der Waals surface area contributed by atoms with Crippen molar-refractivity contribution in [3.63, 3.8) is 0 Å². The van der Waals surface area contributed by atoms with Gasteiger partial charge in [0, 0.05) is 6.08 Å². The smallest absolute Gasteiger partial charge is 0.329 e. The highest BCUT2D eigenvalue weighted by molar-refractivity contribution is 7.89. The summed E-state index contributed by atoms with van der Waals surface area (Å²) in [6.07, 6.45) is 1.69. The van der Waals surface area contributed by atoms with Crippen LogP contribution in [0.15, 0.2) is 76.3 Å². The van der Waals surface area contributed by atoms with Crippen molar-refractivity contribution in [1.82, 2.24) is 4.72 Å². The van der Waals surface area contributed by atoms with Gasteiger partial charge in [0.2, 0.25) is 10.0 Å². The molecule has 2 aromatic carbocycles. The fourth-order valence-corrected chi connectivity index (χ4v) is 3.73. The van der Waals surface area contributed by atoms with Crippen LogP contribution in [0.4, 0.5) is 0 Å². The molecule has 0 unspecified atom stereocenters. The molecule has 1 atom stereocenters. The van der Waals surface area contributed by atoms with E-state index in [1.807, 2.05) is 37.3 Å². The molecular weight excluding hydrogens is 364 g/mol. The van der Waals surface area contributed by atoms with Gasteiger partial charge < -0.3 is 4.74 Å². The maximum Gasteiger partial charge on any atom is 0.329 e. The van der Waals surface area contributed by atoms with Crippen LogP contribution in [0.25, 0.3) is 0 Å². The first-order valence-electron chi connectivity index (χ1n) is 8.46. The van der Waals surface area contributed by atoms with Crippen LogP contribution in [0.1, 0.15) is 18.1 Å². The van der Waals surface area contributed by atoms with Crippen molar-refractivity contribution in [1.29, 1.82) is 0 Å². The van der Waals surface area contributed by atoms with Gasteiger partial charge >= 0.3 is 5.97 Å². The van der Waals surface area contributed by atoms with Crippen LogP contribution in [0, 0.1) is 6.92 Å². The number of sulfonamides is 1. The fraction of sp³-hybridized carbons (Fsp3) is 0.200. The third-order valence-electron chi connectivity index (χ3n) is 4.02. The lowest BCUT2D eigenvalue weighted by Crippen LogP contribution is -2.39. The number of allylic oxidation sites excluding steroid dienone is 1. The van der Waals surface area contributed by atoms with Crippen LogP contribution in [-0.4, -0.2) is 32.7 Å². The molecule has 2 aromatic rings. The maximum atomic E-state index is 12.4. The SMILES string of the molecule is Cc1ccc(S(=O)(=O)N[C@@H](C)C(=O)OC2=CC(c3ccccc3)=NC2)cc1. The van der Waals surface area contributed by atoms with Crippen molar-refractivity contribution >= 4 is 21.7 Å². The summed E-state index contributed by atoms with van der Waals surface area (Å²) >= 11 is 0. The number of nitrogens with one attached hydrogen (secondary N) is 1. The minimum atomic E-state index is -3.81.